The molecule has 1 aliphatic heterocycles. The highest BCUT2D eigenvalue weighted by atomic mass is 16.4. The molecule has 1 aromatic rings. The predicted octanol–water partition coefficient (Wildman–Crippen LogP) is 1.17. The lowest BCUT2D eigenvalue weighted by Gasteiger charge is -2.20. The van der Waals surface area contributed by atoms with Crippen molar-refractivity contribution in [1.29, 1.82) is 0 Å². The van der Waals surface area contributed by atoms with Gasteiger partial charge < -0.3 is 10.0 Å². The van der Waals surface area contributed by atoms with Crippen LogP contribution in [0.2, 0.25) is 0 Å². The van der Waals surface area contributed by atoms with Crippen LogP contribution in [0.4, 0.5) is 0 Å². The molecule has 1 atom stereocenters. The number of carboxylic acid groups (broad SMARTS) is 1. The first-order chi connectivity index (χ1) is 8.90. The van der Waals surface area contributed by atoms with Gasteiger partial charge >= 0.3 is 5.97 Å². The van der Waals surface area contributed by atoms with Gasteiger partial charge in [-0.3, -0.25) is 9.59 Å². The van der Waals surface area contributed by atoms with E-state index in [0.717, 1.165) is 16.0 Å². The summed E-state index contributed by atoms with van der Waals surface area (Å²) in [5, 5.41) is 9.05. The molecule has 1 saturated heterocycles. The summed E-state index contributed by atoms with van der Waals surface area (Å²) >= 11 is 0. The Kier molecular flexibility index (Phi) is 3.38. The maximum absolute atomic E-state index is 12.3. The lowest BCUT2D eigenvalue weighted by atomic mass is 10.1. The van der Waals surface area contributed by atoms with Gasteiger partial charge in [-0.2, -0.15) is 0 Å². The second-order valence-corrected chi connectivity index (χ2v) is 4.83. The highest BCUT2D eigenvalue weighted by Crippen LogP contribution is 2.19. The van der Waals surface area contributed by atoms with Gasteiger partial charge in [-0.25, -0.2) is 4.79 Å². The Hall–Kier alpha value is -2.17. The van der Waals surface area contributed by atoms with Crippen LogP contribution in [0.1, 0.15) is 27.9 Å². The molecular weight excluding hydrogens is 246 g/mol. The van der Waals surface area contributed by atoms with Crippen molar-refractivity contribution in [1.82, 2.24) is 4.90 Å². The zero-order valence-corrected chi connectivity index (χ0v) is 10.8. The molecule has 1 aromatic carbocycles. The Morgan fingerprint density at radius 2 is 1.95 bits per heavy atom. The highest BCUT2D eigenvalue weighted by molar-refractivity contribution is 6.02. The minimum absolute atomic E-state index is 0.105. The van der Waals surface area contributed by atoms with Crippen molar-refractivity contribution in [2.45, 2.75) is 26.3 Å². The fourth-order valence-electron chi connectivity index (χ4n) is 2.16. The van der Waals surface area contributed by atoms with Gasteiger partial charge in [0.15, 0.2) is 5.78 Å². The molecule has 1 unspecified atom stereocenters. The molecule has 19 heavy (non-hydrogen) atoms. The summed E-state index contributed by atoms with van der Waals surface area (Å²) in [7, 11) is 0. The number of benzene rings is 1. The zero-order valence-electron chi connectivity index (χ0n) is 10.8. The van der Waals surface area contributed by atoms with E-state index in [-0.39, 0.29) is 18.7 Å². The normalized spacial score (nSPS) is 18.7. The number of likely N-dealkylation sites (tertiary alicyclic amines) is 1. The molecular formula is C14H15NO4. The molecule has 1 heterocycles. The Bertz CT molecular complexity index is 565. The third kappa shape index (κ3) is 2.50. The zero-order chi connectivity index (χ0) is 14.2. The minimum atomic E-state index is -1.14. The first-order valence-corrected chi connectivity index (χ1v) is 6.03. The van der Waals surface area contributed by atoms with Crippen molar-refractivity contribution in [3.05, 3.63) is 34.9 Å². The van der Waals surface area contributed by atoms with Crippen LogP contribution in [0.25, 0.3) is 0 Å². The van der Waals surface area contributed by atoms with Gasteiger partial charge in [-0.15, -0.1) is 0 Å². The minimum Gasteiger partial charge on any atom is -0.480 e. The molecule has 0 saturated carbocycles. The average Bonchev–Trinajstić information content (AvgIpc) is 2.74. The summed E-state index contributed by atoms with van der Waals surface area (Å²) in [6, 6.07) is 4.16. The van der Waals surface area contributed by atoms with E-state index in [0.29, 0.717) is 5.56 Å². The fourth-order valence-corrected chi connectivity index (χ4v) is 2.16. The van der Waals surface area contributed by atoms with Crippen LogP contribution in [0.15, 0.2) is 18.2 Å². The maximum atomic E-state index is 12.3. The molecule has 1 amide bonds. The van der Waals surface area contributed by atoms with Crippen LogP contribution >= 0.6 is 0 Å². The molecule has 0 spiro atoms. The molecule has 5 nitrogen and oxygen atoms in total. The molecule has 100 valence electrons. The Balaban J connectivity index is 2.30. The van der Waals surface area contributed by atoms with Gasteiger partial charge in [0, 0.05) is 12.0 Å². The van der Waals surface area contributed by atoms with Crippen molar-refractivity contribution in [3.63, 3.8) is 0 Å². The van der Waals surface area contributed by atoms with Crippen molar-refractivity contribution in [2.75, 3.05) is 6.54 Å². The summed E-state index contributed by atoms with van der Waals surface area (Å²) in [4.78, 5) is 35.9. The third-order valence-electron chi connectivity index (χ3n) is 3.44. The average molecular weight is 261 g/mol. The first-order valence-electron chi connectivity index (χ1n) is 6.03. The van der Waals surface area contributed by atoms with E-state index in [1.807, 2.05) is 19.9 Å². The Labute approximate surface area is 110 Å². The van der Waals surface area contributed by atoms with E-state index >= 15 is 0 Å². The van der Waals surface area contributed by atoms with E-state index in [1.54, 1.807) is 12.1 Å². The molecule has 1 fully saturated rings. The molecule has 0 aromatic heterocycles. The summed E-state index contributed by atoms with van der Waals surface area (Å²) in [5.74, 6) is -1.76. The van der Waals surface area contributed by atoms with Crippen molar-refractivity contribution < 1.29 is 19.5 Å². The number of carbonyl (C=O) groups excluding carboxylic acids is 2. The second-order valence-electron chi connectivity index (χ2n) is 4.83. The van der Waals surface area contributed by atoms with Gasteiger partial charge in [-0.1, -0.05) is 6.07 Å². The van der Waals surface area contributed by atoms with Gasteiger partial charge in [0.2, 0.25) is 0 Å². The topological polar surface area (TPSA) is 74.7 Å². The number of hydrogen-bond donors (Lipinski definition) is 1. The van der Waals surface area contributed by atoms with Crippen molar-refractivity contribution >= 4 is 17.7 Å². The lowest BCUT2D eigenvalue weighted by molar-refractivity contribution is -0.141. The summed E-state index contributed by atoms with van der Waals surface area (Å²) < 4.78 is 0. The lowest BCUT2D eigenvalue weighted by Crippen LogP contribution is -2.40. The Morgan fingerprint density at radius 1 is 1.26 bits per heavy atom. The maximum Gasteiger partial charge on any atom is 0.326 e. The number of ketones is 1. The number of carboxylic acids is 1. The van der Waals surface area contributed by atoms with Crippen LogP contribution < -0.4 is 0 Å². The molecule has 1 aliphatic rings. The summed E-state index contributed by atoms with van der Waals surface area (Å²) in [6.45, 7) is 3.70. The number of aryl methyl sites for hydroxylation is 2. The van der Waals surface area contributed by atoms with Crippen LogP contribution in [0, 0.1) is 13.8 Å². The number of rotatable bonds is 2. The van der Waals surface area contributed by atoms with E-state index in [4.69, 9.17) is 5.11 Å². The summed E-state index contributed by atoms with van der Waals surface area (Å²) in [5.41, 5.74) is 2.44. The number of nitrogens with zero attached hydrogens (tertiary/aromatic N) is 1. The highest BCUT2D eigenvalue weighted by Gasteiger charge is 2.39. The standard InChI is InChI=1S/C14H15NO4/c1-8-3-4-10(5-9(8)2)13(17)15-7-11(16)6-12(15)14(18)19/h3-5,12H,6-7H2,1-2H3,(H,18,19). The van der Waals surface area contributed by atoms with Gasteiger partial charge in [0.25, 0.3) is 5.91 Å². The smallest absolute Gasteiger partial charge is 0.326 e. The largest absolute Gasteiger partial charge is 0.480 e. The molecule has 2 rings (SSSR count). The van der Waals surface area contributed by atoms with Gasteiger partial charge in [0.05, 0.1) is 6.54 Å². The number of amides is 1. The molecule has 0 aliphatic carbocycles. The molecule has 5 heteroatoms. The van der Waals surface area contributed by atoms with Crippen LogP contribution in [-0.2, 0) is 9.59 Å². The number of Topliss-reactive ketones (excluding diaryl/α,β-unsaturated/α-hetero) is 1. The van der Waals surface area contributed by atoms with E-state index in [1.165, 1.54) is 0 Å². The third-order valence-corrected chi connectivity index (χ3v) is 3.44. The Morgan fingerprint density at radius 3 is 2.53 bits per heavy atom. The fraction of sp³-hybridized carbons (Fsp3) is 0.357. The van der Waals surface area contributed by atoms with Crippen molar-refractivity contribution in [2.24, 2.45) is 0 Å². The number of aliphatic carboxylic acids is 1. The predicted molar refractivity (Wildman–Crippen MR) is 68.0 cm³/mol. The number of carbonyl (C=O) groups is 3. The molecule has 1 N–H and O–H groups in total. The molecule has 0 radical (unpaired) electrons. The van der Waals surface area contributed by atoms with Crippen molar-refractivity contribution in [3.8, 4) is 0 Å². The summed E-state index contributed by atoms with van der Waals surface area (Å²) in [6.07, 6.45) is -0.105. The number of hydrogen-bond acceptors (Lipinski definition) is 3. The van der Waals surface area contributed by atoms with E-state index < -0.39 is 17.9 Å². The monoisotopic (exact) mass is 261 g/mol. The first kappa shape index (κ1) is 13.3. The van der Waals surface area contributed by atoms with Gasteiger partial charge in [0.1, 0.15) is 6.04 Å². The quantitative estimate of drug-likeness (QED) is 0.867. The SMILES string of the molecule is Cc1ccc(C(=O)N2CC(=O)CC2C(=O)O)cc1C. The van der Waals surface area contributed by atoms with Crippen LogP contribution in [0.3, 0.4) is 0 Å². The van der Waals surface area contributed by atoms with Gasteiger partial charge in [-0.05, 0) is 37.1 Å². The van der Waals surface area contributed by atoms with Crippen LogP contribution in [0.5, 0.6) is 0 Å². The van der Waals surface area contributed by atoms with Crippen LogP contribution in [-0.4, -0.2) is 40.3 Å². The second kappa shape index (κ2) is 4.84. The van der Waals surface area contributed by atoms with E-state index in [2.05, 4.69) is 0 Å². The van der Waals surface area contributed by atoms with E-state index in [9.17, 15) is 14.4 Å². The molecule has 0 bridgehead atoms.